The molecule has 1 unspecified atom stereocenters. The van der Waals surface area contributed by atoms with Gasteiger partial charge in [0, 0.05) is 35.1 Å². The van der Waals surface area contributed by atoms with E-state index in [1.165, 1.54) is 4.90 Å². The van der Waals surface area contributed by atoms with Crippen LogP contribution in [-0.4, -0.2) is 65.5 Å². The molecule has 5 amide bonds. The molecule has 11 nitrogen and oxygen atoms in total. The first kappa shape index (κ1) is 23.5. The molecule has 1 aromatic rings. The summed E-state index contributed by atoms with van der Waals surface area (Å²) in [4.78, 5) is 60.4. The van der Waals surface area contributed by atoms with Gasteiger partial charge < -0.3 is 25.4 Å². The zero-order valence-electron chi connectivity index (χ0n) is 17.1. The first-order valence-electron chi connectivity index (χ1n) is 10.1. The van der Waals surface area contributed by atoms with Gasteiger partial charge in [-0.25, -0.2) is 4.79 Å². The van der Waals surface area contributed by atoms with E-state index >= 15 is 0 Å². The Labute approximate surface area is 192 Å². The minimum absolute atomic E-state index is 0.140. The van der Waals surface area contributed by atoms with E-state index < -0.39 is 18.0 Å². The number of benzene rings is 1. The molecule has 1 saturated heterocycles. The standard InChI is InChI=1S/C20H23BrN4O7/c21-11-7-12-13(9-25(19(12)29)14-3-4-16(26)24-18(14)28)15(8-11)32-10-17(27)22-5-1-2-6-23-20(30)31/h7-8,14,23H,1-6,9-10H2,(H,22,27)(H,30,31)(H,24,26,28). The number of nitrogens with zero attached hydrogens (tertiary/aromatic N) is 1. The van der Waals surface area contributed by atoms with Gasteiger partial charge in [0.05, 0.1) is 6.54 Å². The Balaban J connectivity index is 1.56. The number of amides is 5. The van der Waals surface area contributed by atoms with Crippen LogP contribution in [0.1, 0.15) is 41.6 Å². The van der Waals surface area contributed by atoms with Crippen LogP contribution in [0.3, 0.4) is 0 Å². The van der Waals surface area contributed by atoms with Crippen molar-refractivity contribution in [1.29, 1.82) is 0 Å². The minimum Gasteiger partial charge on any atom is -0.483 e. The van der Waals surface area contributed by atoms with Gasteiger partial charge in [-0.3, -0.25) is 24.5 Å². The number of rotatable bonds is 9. The second-order valence-electron chi connectivity index (χ2n) is 7.41. The molecule has 3 rings (SSSR count). The zero-order chi connectivity index (χ0) is 23.3. The van der Waals surface area contributed by atoms with Crippen LogP contribution in [0.2, 0.25) is 0 Å². The van der Waals surface area contributed by atoms with E-state index in [1.807, 2.05) is 0 Å². The summed E-state index contributed by atoms with van der Waals surface area (Å²) in [5.41, 5.74) is 0.959. The number of piperidine rings is 1. The van der Waals surface area contributed by atoms with Crippen molar-refractivity contribution in [2.45, 2.75) is 38.3 Å². The van der Waals surface area contributed by atoms with Crippen molar-refractivity contribution in [3.05, 3.63) is 27.7 Å². The first-order valence-corrected chi connectivity index (χ1v) is 10.9. The monoisotopic (exact) mass is 510 g/mol. The highest BCUT2D eigenvalue weighted by molar-refractivity contribution is 9.10. The Kier molecular flexibility index (Phi) is 7.67. The first-order chi connectivity index (χ1) is 15.3. The summed E-state index contributed by atoms with van der Waals surface area (Å²) in [6, 6.07) is 2.56. The van der Waals surface area contributed by atoms with Crippen LogP contribution < -0.4 is 20.7 Å². The molecule has 172 valence electrons. The Morgan fingerprint density at radius 2 is 1.91 bits per heavy atom. The van der Waals surface area contributed by atoms with E-state index in [0.717, 1.165) is 0 Å². The fourth-order valence-electron chi connectivity index (χ4n) is 3.59. The number of hydrogen-bond donors (Lipinski definition) is 4. The predicted molar refractivity (Wildman–Crippen MR) is 114 cm³/mol. The van der Waals surface area contributed by atoms with E-state index in [2.05, 4.69) is 31.9 Å². The van der Waals surface area contributed by atoms with Crippen molar-refractivity contribution < 1.29 is 33.8 Å². The number of nitrogens with one attached hydrogen (secondary N) is 3. The Morgan fingerprint density at radius 1 is 1.19 bits per heavy atom. The van der Waals surface area contributed by atoms with Crippen LogP contribution >= 0.6 is 15.9 Å². The summed E-state index contributed by atoms with van der Waals surface area (Å²) >= 11 is 3.34. The van der Waals surface area contributed by atoms with Crippen molar-refractivity contribution >= 4 is 45.7 Å². The highest BCUT2D eigenvalue weighted by atomic mass is 79.9. The molecule has 1 fully saturated rings. The maximum atomic E-state index is 12.9. The van der Waals surface area contributed by atoms with Gasteiger partial charge in [-0.2, -0.15) is 0 Å². The van der Waals surface area contributed by atoms with E-state index in [0.29, 0.717) is 47.3 Å². The topological polar surface area (TPSA) is 154 Å². The van der Waals surface area contributed by atoms with Crippen molar-refractivity contribution in [3.63, 3.8) is 0 Å². The lowest BCUT2D eigenvalue weighted by Gasteiger charge is -2.29. The van der Waals surface area contributed by atoms with Gasteiger partial charge in [-0.15, -0.1) is 0 Å². The number of unbranched alkanes of at least 4 members (excludes halogenated alkanes) is 1. The van der Waals surface area contributed by atoms with Crippen LogP contribution in [0.15, 0.2) is 16.6 Å². The fraction of sp³-hybridized carbons (Fsp3) is 0.450. The SMILES string of the molecule is O=C(O)NCCCCNC(=O)COc1cc(Br)cc2c1CN(C1CCC(=O)NC1=O)C2=O. The van der Waals surface area contributed by atoms with Crippen molar-refractivity contribution in [1.82, 2.24) is 20.9 Å². The number of fused-ring (bicyclic) bond motifs is 1. The number of carbonyl (C=O) groups excluding carboxylic acids is 4. The van der Waals surface area contributed by atoms with Crippen molar-refractivity contribution in [2.75, 3.05) is 19.7 Å². The van der Waals surface area contributed by atoms with Gasteiger partial charge >= 0.3 is 6.09 Å². The van der Waals surface area contributed by atoms with Crippen LogP contribution in [0.25, 0.3) is 0 Å². The second kappa shape index (κ2) is 10.4. The molecular formula is C20H23BrN4O7. The average Bonchev–Trinajstić information content (AvgIpc) is 3.05. The lowest BCUT2D eigenvalue weighted by Crippen LogP contribution is -2.52. The van der Waals surface area contributed by atoms with Gasteiger partial charge in [0.15, 0.2) is 6.61 Å². The number of hydrogen-bond acceptors (Lipinski definition) is 6. The minimum atomic E-state index is -1.08. The molecule has 2 heterocycles. The molecule has 12 heteroatoms. The predicted octanol–water partition coefficient (Wildman–Crippen LogP) is 0.753. The maximum absolute atomic E-state index is 12.9. The molecule has 2 aliphatic rings. The van der Waals surface area contributed by atoms with Gasteiger partial charge in [0.2, 0.25) is 11.8 Å². The Bertz CT molecular complexity index is 952. The summed E-state index contributed by atoms with van der Waals surface area (Å²) in [6.45, 7) is 0.565. The molecule has 32 heavy (non-hydrogen) atoms. The second-order valence-corrected chi connectivity index (χ2v) is 8.32. The summed E-state index contributed by atoms with van der Waals surface area (Å²) in [5, 5.41) is 15.7. The molecule has 1 atom stereocenters. The Hall–Kier alpha value is -3.15. The molecule has 0 aliphatic carbocycles. The smallest absolute Gasteiger partial charge is 0.404 e. The normalized spacial score (nSPS) is 17.6. The molecule has 0 saturated carbocycles. The summed E-state index contributed by atoms with van der Waals surface area (Å²) in [5.74, 6) is -1.18. The van der Waals surface area contributed by atoms with Crippen LogP contribution in [0.4, 0.5) is 4.79 Å². The third kappa shape index (κ3) is 5.75. The quantitative estimate of drug-likeness (QED) is 0.282. The number of carboxylic acid groups (broad SMARTS) is 1. The fourth-order valence-corrected chi connectivity index (χ4v) is 4.03. The molecule has 0 spiro atoms. The number of ether oxygens (including phenoxy) is 1. The van der Waals surface area contributed by atoms with Crippen molar-refractivity contribution in [3.8, 4) is 5.75 Å². The van der Waals surface area contributed by atoms with E-state index in [4.69, 9.17) is 9.84 Å². The van der Waals surface area contributed by atoms with Crippen LogP contribution in [-0.2, 0) is 20.9 Å². The van der Waals surface area contributed by atoms with Crippen molar-refractivity contribution in [2.24, 2.45) is 0 Å². The molecule has 4 N–H and O–H groups in total. The third-order valence-electron chi connectivity index (χ3n) is 5.14. The zero-order valence-corrected chi connectivity index (χ0v) is 18.7. The van der Waals surface area contributed by atoms with Gasteiger partial charge in [-0.1, -0.05) is 15.9 Å². The van der Waals surface area contributed by atoms with E-state index in [9.17, 15) is 24.0 Å². The van der Waals surface area contributed by atoms with E-state index in [1.54, 1.807) is 12.1 Å². The largest absolute Gasteiger partial charge is 0.483 e. The Morgan fingerprint density at radius 3 is 2.59 bits per heavy atom. The summed E-state index contributed by atoms with van der Waals surface area (Å²) < 4.78 is 6.26. The number of carbonyl (C=O) groups is 5. The maximum Gasteiger partial charge on any atom is 0.404 e. The lowest BCUT2D eigenvalue weighted by atomic mass is 10.0. The lowest BCUT2D eigenvalue weighted by molar-refractivity contribution is -0.137. The molecule has 0 radical (unpaired) electrons. The van der Waals surface area contributed by atoms with Crippen LogP contribution in [0.5, 0.6) is 5.75 Å². The molecular weight excluding hydrogens is 488 g/mol. The molecule has 0 bridgehead atoms. The van der Waals surface area contributed by atoms with Gasteiger partial charge in [0.25, 0.3) is 11.8 Å². The molecule has 2 aliphatic heterocycles. The highest BCUT2D eigenvalue weighted by Crippen LogP contribution is 2.36. The highest BCUT2D eigenvalue weighted by Gasteiger charge is 2.40. The summed E-state index contributed by atoms with van der Waals surface area (Å²) in [7, 11) is 0. The third-order valence-corrected chi connectivity index (χ3v) is 5.60. The number of imide groups is 1. The molecule has 1 aromatic carbocycles. The van der Waals surface area contributed by atoms with Gasteiger partial charge in [-0.05, 0) is 31.4 Å². The summed E-state index contributed by atoms with van der Waals surface area (Å²) in [6.07, 6.45) is 0.527. The van der Waals surface area contributed by atoms with Crippen LogP contribution in [0, 0.1) is 0 Å². The molecule has 0 aromatic heterocycles. The average molecular weight is 511 g/mol. The van der Waals surface area contributed by atoms with E-state index in [-0.39, 0.29) is 43.7 Å². The number of halogens is 1. The van der Waals surface area contributed by atoms with Gasteiger partial charge in [0.1, 0.15) is 11.8 Å².